The molecule has 2 rings (SSSR count). The fraction of sp³-hybridized carbons (Fsp3) is 0.250. The number of nitrogens with one attached hydrogen (secondary N) is 1. The van der Waals surface area contributed by atoms with Crippen molar-refractivity contribution in [1.82, 2.24) is 10.3 Å². The molecule has 0 radical (unpaired) electrons. The minimum Gasteiger partial charge on any atom is -0.342 e. The van der Waals surface area contributed by atoms with Crippen molar-refractivity contribution in [3.63, 3.8) is 0 Å². The van der Waals surface area contributed by atoms with Gasteiger partial charge in [-0.2, -0.15) is 5.26 Å². The molecule has 128 valence electrons. The molecule has 0 aliphatic rings. The Kier molecular flexibility index (Phi) is 6.11. The van der Waals surface area contributed by atoms with Gasteiger partial charge in [0.1, 0.15) is 16.2 Å². The van der Waals surface area contributed by atoms with Gasteiger partial charge in [-0.05, 0) is 52.5 Å². The van der Waals surface area contributed by atoms with Gasteiger partial charge in [0, 0.05) is 0 Å². The predicted molar refractivity (Wildman–Crippen MR) is 102 cm³/mol. The Hall–Kier alpha value is -2.45. The normalized spacial score (nSPS) is 13.8. The zero-order valence-electron chi connectivity index (χ0n) is 14.5. The number of nitriles is 1. The first-order valence-electron chi connectivity index (χ1n) is 7.99. The number of halogens is 1. The summed E-state index contributed by atoms with van der Waals surface area (Å²) in [6.45, 7) is 6.05. The van der Waals surface area contributed by atoms with Gasteiger partial charge in [0.2, 0.25) is 0 Å². The number of rotatable bonds is 5. The molecule has 1 aromatic heterocycles. The van der Waals surface area contributed by atoms with E-state index in [0.717, 1.165) is 5.56 Å². The standard InChI is InChI=1S/C20H20BrN3O/c1-14(2)20(3,16-8-5-4-6-9-16)24-19(25)15(13-22)12-17-10-7-11-18(21)23-17/h4-12,14H,1-3H3,(H,24,25)/b15-12+/t20-/m1/s1. The third-order valence-corrected chi connectivity index (χ3v) is 4.74. The van der Waals surface area contributed by atoms with E-state index in [2.05, 4.69) is 26.2 Å². The minimum absolute atomic E-state index is 0.0217. The van der Waals surface area contributed by atoms with Gasteiger partial charge in [-0.15, -0.1) is 0 Å². The van der Waals surface area contributed by atoms with Gasteiger partial charge in [-0.1, -0.05) is 50.2 Å². The summed E-state index contributed by atoms with van der Waals surface area (Å²) in [4.78, 5) is 17.0. The molecule has 0 aliphatic heterocycles. The maximum atomic E-state index is 12.7. The zero-order chi connectivity index (χ0) is 18.4. The zero-order valence-corrected chi connectivity index (χ0v) is 16.0. The molecule has 0 bridgehead atoms. The maximum Gasteiger partial charge on any atom is 0.262 e. The molecular formula is C20H20BrN3O. The van der Waals surface area contributed by atoms with Crippen LogP contribution in [0.3, 0.4) is 0 Å². The van der Waals surface area contributed by atoms with E-state index in [1.54, 1.807) is 18.2 Å². The van der Waals surface area contributed by atoms with Crippen LogP contribution in [0.15, 0.2) is 58.7 Å². The molecule has 25 heavy (non-hydrogen) atoms. The second-order valence-corrected chi connectivity index (χ2v) is 7.04. The van der Waals surface area contributed by atoms with E-state index in [0.29, 0.717) is 10.3 Å². The van der Waals surface area contributed by atoms with Crippen LogP contribution in [0.1, 0.15) is 32.0 Å². The van der Waals surface area contributed by atoms with Crippen molar-refractivity contribution in [3.8, 4) is 6.07 Å². The predicted octanol–water partition coefficient (Wildman–Crippen LogP) is 4.44. The van der Waals surface area contributed by atoms with Crippen molar-refractivity contribution in [1.29, 1.82) is 5.26 Å². The van der Waals surface area contributed by atoms with Gasteiger partial charge in [0.15, 0.2) is 0 Å². The van der Waals surface area contributed by atoms with Crippen molar-refractivity contribution in [2.45, 2.75) is 26.3 Å². The Bertz CT molecular complexity index is 824. The number of aromatic nitrogens is 1. The molecule has 0 spiro atoms. The van der Waals surface area contributed by atoms with Crippen molar-refractivity contribution in [2.75, 3.05) is 0 Å². The maximum absolute atomic E-state index is 12.7. The van der Waals surface area contributed by atoms with E-state index >= 15 is 0 Å². The highest BCUT2D eigenvalue weighted by Gasteiger charge is 2.32. The number of carbonyl (C=O) groups is 1. The largest absolute Gasteiger partial charge is 0.342 e. The average Bonchev–Trinajstić information content (AvgIpc) is 2.60. The van der Waals surface area contributed by atoms with Gasteiger partial charge >= 0.3 is 0 Å². The van der Waals surface area contributed by atoms with Gasteiger partial charge in [0.05, 0.1) is 11.2 Å². The highest BCUT2D eigenvalue weighted by atomic mass is 79.9. The van der Waals surface area contributed by atoms with Crippen molar-refractivity contribution in [2.24, 2.45) is 5.92 Å². The first-order valence-corrected chi connectivity index (χ1v) is 8.78. The molecule has 1 heterocycles. The van der Waals surface area contributed by atoms with Gasteiger partial charge in [-0.25, -0.2) is 4.98 Å². The van der Waals surface area contributed by atoms with E-state index in [4.69, 9.17) is 0 Å². The molecule has 0 aliphatic carbocycles. The number of pyridine rings is 1. The molecule has 0 unspecified atom stereocenters. The fourth-order valence-electron chi connectivity index (χ4n) is 2.44. The summed E-state index contributed by atoms with van der Waals surface area (Å²) in [6, 6.07) is 17.1. The van der Waals surface area contributed by atoms with Crippen LogP contribution in [0.25, 0.3) is 6.08 Å². The van der Waals surface area contributed by atoms with Crippen LogP contribution >= 0.6 is 15.9 Å². The van der Waals surface area contributed by atoms with Crippen molar-refractivity contribution < 1.29 is 4.79 Å². The van der Waals surface area contributed by atoms with E-state index in [9.17, 15) is 10.1 Å². The topological polar surface area (TPSA) is 65.8 Å². The van der Waals surface area contributed by atoms with E-state index in [1.807, 2.05) is 57.2 Å². The van der Waals surface area contributed by atoms with Crippen LogP contribution in [0.5, 0.6) is 0 Å². The Morgan fingerprint density at radius 1 is 1.24 bits per heavy atom. The summed E-state index contributed by atoms with van der Waals surface area (Å²) in [5.41, 5.74) is 0.982. The lowest BCUT2D eigenvalue weighted by molar-refractivity contribution is -0.119. The first kappa shape index (κ1) is 18.9. The number of benzene rings is 1. The molecule has 1 N–H and O–H groups in total. The molecule has 5 heteroatoms. The second kappa shape index (κ2) is 8.09. The highest BCUT2D eigenvalue weighted by Crippen LogP contribution is 2.29. The third kappa shape index (κ3) is 4.55. The van der Waals surface area contributed by atoms with E-state index < -0.39 is 11.4 Å². The van der Waals surface area contributed by atoms with Gasteiger partial charge in [0.25, 0.3) is 5.91 Å². The number of hydrogen-bond acceptors (Lipinski definition) is 3. The Balaban J connectivity index is 2.33. The lowest BCUT2D eigenvalue weighted by Gasteiger charge is -2.35. The molecule has 0 saturated carbocycles. The summed E-state index contributed by atoms with van der Waals surface area (Å²) in [6.07, 6.45) is 1.49. The molecule has 1 amide bonds. The first-order chi connectivity index (χ1) is 11.9. The van der Waals surface area contributed by atoms with Gasteiger partial charge < -0.3 is 5.32 Å². The van der Waals surface area contributed by atoms with Crippen molar-refractivity contribution in [3.05, 3.63) is 70.0 Å². The highest BCUT2D eigenvalue weighted by molar-refractivity contribution is 9.10. The number of hydrogen-bond donors (Lipinski definition) is 1. The van der Waals surface area contributed by atoms with Crippen LogP contribution in [-0.4, -0.2) is 10.9 Å². The SMILES string of the molecule is CC(C)[C@@](C)(NC(=O)/C(C#N)=C/c1cccc(Br)n1)c1ccccc1. The molecule has 4 nitrogen and oxygen atoms in total. The van der Waals surface area contributed by atoms with Gasteiger partial charge in [-0.3, -0.25) is 4.79 Å². The Labute approximate surface area is 156 Å². The van der Waals surface area contributed by atoms with Crippen LogP contribution in [0.2, 0.25) is 0 Å². The van der Waals surface area contributed by atoms with Crippen LogP contribution in [0.4, 0.5) is 0 Å². The molecule has 0 saturated heterocycles. The quantitative estimate of drug-likeness (QED) is 0.460. The van der Waals surface area contributed by atoms with E-state index in [1.165, 1.54) is 6.08 Å². The third-order valence-electron chi connectivity index (χ3n) is 4.30. The smallest absolute Gasteiger partial charge is 0.262 e. The summed E-state index contributed by atoms with van der Waals surface area (Å²) in [5, 5.41) is 12.4. The summed E-state index contributed by atoms with van der Waals surface area (Å²) in [7, 11) is 0. The Morgan fingerprint density at radius 2 is 1.92 bits per heavy atom. The Morgan fingerprint density at radius 3 is 2.48 bits per heavy atom. The average molecular weight is 398 g/mol. The number of amides is 1. The molecular weight excluding hydrogens is 378 g/mol. The lowest BCUT2D eigenvalue weighted by atomic mass is 9.81. The molecule has 1 aromatic carbocycles. The molecule has 2 aromatic rings. The molecule has 1 atom stereocenters. The summed E-state index contributed by atoms with van der Waals surface area (Å²) >= 11 is 3.29. The summed E-state index contributed by atoms with van der Waals surface area (Å²) < 4.78 is 0.648. The van der Waals surface area contributed by atoms with Crippen molar-refractivity contribution >= 4 is 27.9 Å². The monoisotopic (exact) mass is 397 g/mol. The van der Waals surface area contributed by atoms with Crippen LogP contribution in [-0.2, 0) is 10.3 Å². The molecule has 0 fully saturated rings. The second-order valence-electron chi connectivity index (χ2n) is 6.23. The van der Waals surface area contributed by atoms with Crippen LogP contribution in [0, 0.1) is 17.2 Å². The lowest BCUT2D eigenvalue weighted by Crippen LogP contribution is -2.47. The van der Waals surface area contributed by atoms with E-state index in [-0.39, 0.29) is 11.5 Å². The number of carbonyl (C=O) groups excluding carboxylic acids is 1. The van der Waals surface area contributed by atoms with Crippen LogP contribution < -0.4 is 5.32 Å². The number of nitrogens with zero attached hydrogens (tertiary/aromatic N) is 2. The fourth-order valence-corrected chi connectivity index (χ4v) is 2.80. The minimum atomic E-state index is -0.584. The summed E-state index contributed by atoms with van der Waals surface area (Å²) in [5.74, 6) is -0.271.